The first kappa shape index (κ1) is 29.8. The van der Waals surface area contributed by atoms with Crippen molar-refractivity contribution < 1.29 is 28.9 Å². The lowest BCUT2D eigenvalue weighted by Gasteiger charge is -2.33. The zero-order valence-corrected chi connectivity index (χ0v) is 24.0. The molecule has 2 aliphatic heterocycles. The number of rotatable bonds is 14. The summed E-state index contributed by atoms with van der Waals surface area (Å²) in [7, 11) is 5.74. The van der Waals surface area contributed by atoms with Crippen molar-refractivity contribution in [3.05, 3.63) is 35.9 Å². The highest BCUT2D eigenvalue weighted by atomic mass is 16.7. The Morgan fingerprint density at radius 1 is 1.05 bits per heavy atom. The lowest BCUT2D eigenvalue weighted by Crippen LogP contribution is -2.49. The highest BCUT2D eigenvalue weighted by molar-refractivity contribution is 5.74. The number of urea groups is 1. The Balaban J connectivity index is 1.44. The van der Waals surface area contributed by atoms with Gasteiger partial charge in [0.2, 0.25) is 0 Å². The standard InChI is InChI=1S/C30H47N3O6/c1-5-6-12-32(4)30(36)33(14-13-31(2)3)18-26(34)22(15-21-10-8-7-9-11-21)17-27(35)39-28-23-16-24-25(28)20-38-29(24)37-19-23/h7-11,22-26,28-29,34H,5-6,12-20H2,1-4H3/t22-,23?,24?,25?,26-,28?,29?/m1/s1. The van der Waals surface area contributed by atoms with Crippen LogP contribution < -0.4 is 0 Å². The SMILES string of the molecule is CCCCN(C)C(=O)N(CCN(C)C)C[C@@H](O)[C@@H](CC(=O)OC1C2COC3OCC1C3C2)Cc1ccccc1. The van der Waals surface area contributed by atoms with Gasteiger partial charge in [0, 0.05) is 56.9 Å². The molecule has 1 aliphatic carbocycles. The van der Waals surface area contributed by atoms with E-state index in [4.69, 9.17) is 14.2 Å². The number of amides is 2. The molecule has 0 aromatic heterocycles. The average molecular weight is 546 g/mol. The van der Waals surface area contributed by atoms with Crippen LogP contribution in [-0.2, 0) is 25.4 Å². The van der Waals surface area contributed by atoms with E-state index in [2.05, 4.69) is 6.92 Å². The number of nitrogens with zero attached hydrogens (tertiary/aromatic N) is 3. The van der Waals surface area contributed by atoms with Crippen LogP contribution in [-0.4, -0.2) is 111 Å². The van der Waals surface area contributed by atoms with E-state index >= 15 is 0 Å². The second kappa shape index (κ2) is 13.9. The Morgan fingerprint density at radius 2 is 1.79 bits per heavy atom. The van der Waals surface area contributed by atoms with Crippen LogP contribution in [0.5, 0.6) is 0 Å². The third-order valence-corrected chi connectivity index (χ3v) is 8.54. The van der Waals surface area contributed by atoms with Crippen LogP contribution in [0, 0.1) is 23.7 Å². The number of likely N-dealkylation sites (N-methyl/N-ethyl adjacent to an activating group) is 1. The molecule has 1 aromatic rings. The lowest BCUT2D eigenvalue weighted by molar-refractivity contribution is -0.178. The Bertz CT molecular complexity index is 931. The van der Waals surface area contributed by atoms with Gasteiger partial charge >= 0.3 is 12.0 Å². The fraction of sp³-hybridized carbons (Fsp3) is 0.733. The lowest BCUT2D eigenvalue weighted by atomic mass is 9.90. The first-order valence-electron chi connectivity index (χ1n) is 14.6. The maximum atomic E-state index is 13.3. The smallest absolute Gasteiger partial charge is 0.319 e. The van der Waals surface area contributed by atoms with E-state index in [1.165, 1.54) is 0 Å². The van der Waals surface area contributed by atoms with Crippen molar-refractivity contribution in [1.29, 1.82) is 0 Å². The number of unbranched alkanes of at least 4 members (excludes halogenated alkanes) is 1. The monoisotopic (exact) mass is 545 g/mol. The summed E-state index contributed by atoms with van der Waals surface area (Å²) >= 11 is 0. The van der Waals surface area contributed by atoms with E-state index in [1.807, 2.05) is 56.4 Å². The van der Waals surface area contributed by atoms with Crippen LogP contribution in [0.1, 0.15) is 38.2 Å². The molecule has 7 atom stereocenters. The fourth-order valence-electron chi connectivity index (χ4n) is 6.22. The van der Waals surface area contributed by atoms with Crippen LogP contribution in [0.15, 0.2) is 30.3 Å². The Morgan fingerprint density at radius 3 is 2.51 bits per heavy atom. The number of aliphatic hydroxyl groups is 1. The third kappa shape index (κ3) is 7.72. The summed E-state index contributed by atoms with van der Waals surface area (Å²) in [6, 6.07) is 9.79. The van der Waals surface area contributed by atoms with E-state index in [9.17, 15) is 14.7 Å². The van der Waals surface area contributed by atoms with Gasteiger partial charge in [0.1, 0.15) is 6.10 Å². The highest BCUT2D eigenvalue weighted by Crippen LogP contribution is 2.49. The largest absolute Gasteiger partial charge is 0.462 e. The van der Waals surface area contributed by atoms with Crippen molar-refractivity contribution in [1.82, 2.24) is 14.7 Å². The van der Waals surface area contributed by atoms with Crippen LogP contribution in [0.3, 0.4) is 0 Å². The molecule has 9 heteroatoms. The molecule has 5 unspecified atom stereocenters. The zero-order valence-electron chi connectivity index (χ0n) is 24.0. The number of hydrogen-bond donors (Lipinski definition) is 1. The normalized spacial score (nSPS) is 26.9. The highest BCUT2D eigenvalue weighted by Gasteiger charge is 2.56. The molecule has 1 N–H and O–H groups in total. The summed E-state index contributed by atoms with van der Waals surface area (Å²) in [6.45, 7) is 5.23. The van der Waals surface area contributed by atoms with Crippen LogP contribution in [0.2, 0.25) is 0 Å². The molecule has 218 valence electrons. The molecule has 0 spiro atoms. The molecule has 3 fully saturated rings. The van der Waals surface area contributed by atoms with Crippen molar-refractivity contribution in [3.63, 3.8) is 0 Å². The summed E-state index contributed by atoms with van der Waals surface area (Å²) < 4.78 is 17.7. The van der Waals surface area contributed by atoms with Gasteiger partial charge in [-0.25, -0.2) is 4.79 Å². The molecule has 1 saturated carbocycles. The Kier molecular flexibility index (Phi) is 10.6. The van der Waals surface area contributed by atoms with Gasteiger partial charge in [-0.2, -0.15) is 0 Å². The average Bonchev–Trinajstić information content (AvgIpc) is 3.45. The van der Waals surface area contributed by atoms with Crippen molar-refractivity contribution >= 4 is 12.0 Å². The number of benzene rings is 1. The number of aliphatic hydroxyl groups excluding tert-OH is 1. The molecule has 2 saturated heterocycles. The molecule has 2 heterocycles. The fourth-order valence-corrected chi connectivity index (χ4v) is 6.22. The van der Waals surface area contributed by atoms with E-state index in [-0.39, 0.29) is 55.1 Å². The van der Waals surface area contributed by atoms with Crippen LogP contribution >= 0.6 is 0 Å². The number of fused-ring (bicyclic) bond motifs is 1. The molecule has 0 radical (unpaired) electrons. The molecule has 3 aliphatic rings. The molecular weight excluding hydrogens is 498 g/mol. The van der Waals surface area contributed by atoms with E-state index in [1.54, 1.807) is 9.80 Å². The van der Waals surface area contributed by atoms with Crippen molar-refractivity contribution in [2.24, 2.45) is 23.7 Å². The topological polar surface area (TPSA) is 91.8 Å². The molecule has 1 aromatic carbocycles. The zero-order chi connectivity index (χ0) is 27.9. The molecule has 4 rings (SSSR count). The summed E-state index contributed by atoms with van der Waals surface area (Å²) in [5, 5.41) is 11.5. The second-order valence-electron chi connectivity index (χ2n) is 11.8. The van der Waals surface area contributed by atoms with Gasteiger partial charge in [-0.3, -0.25) is 4.79 Å². The minimum absolute atomic E-state index is 0.0865. The first-order chi connectivity index (χ1) is 18.8. The predicted octanol–water partition coefficient (Wildman–Crippen LogP) is 2.86. The molecule has 2 bridgehead atoms. The van der Waals surface area contributed by atoms with Crippen molar-refractivity contribution in [2.45, 2.75) is 57.5 Å². The number of carbonyl (C=O) groups is 2. The van der Waals surface area contributed by atoms with Gasteiger partial charge in [0.25, 0.3) is 0 Å². The Labute approximate surface area is 233 Å². The van der Waals surface area contributed by atoms with Gasteiger partial charge in [-0.15, -0.1) is 0 Å². The predicted molar refractivity (Wildman–Crippen MR) is 148 cm³/mol. The number of esters is 1. The van der Waals surface area contributed by atoms with Gasteiger partial charge in [-0.05, 0) is 38.9 Å². The summed E-state index contributed by atoms with van der Waals surface area (Å²) in [6.07, 6.45) is 2.26. The number of ether oxygens (including phenoxy) is 3. The van der Waals surface area contributed by atoms with Gasteiger partial charge < -0.3 is 34.0 Å². The van der Waals surface area contributed by atoms with E-state index < -0.39 is 6.10 Å². The Hall–Kier alpha value is -2.20. The quantitative estimate of drug-likeness (QED) is 0.360. The maximum absolute atomic E-state index is 13.3. The first-order valence-corrected chi connectivity index (χ1v) is 14.6. The number of carbonyl (C=O) groups excluding carboxylic acids is 2. The third-order valence-electron chi connectivity index (χ3n) is 8.54. The molecular formula is C30H47N3O6. The molecule has 9 nitrogen and oxygen atoms in total. The van der Waals surface area contributed by atoms with Gasteiger partial charge in [0.05, 0.1) is 25.7 Å². The summed E-state index contributed by atoms with van der Waals surface area (Å²) in [5.41, 5.74) is 1.04. The van der Waals surface area contributed by atoms with Crippen molar-refractivity contribution in [3.8, 4) is 0 Å². The summed E-state index contributed by atoms with van der Waals surface area (Å²) in [4.78, 5) is 32.1. The van der Waals surface area contributed by atoms with Crippen LogP contribution in [0.4, 0.5) is 4.79 Å². The minimum Gasteiger partial charge on any atom is -0.462 e. The summed E-state index contributed by atoms with van der Waals surface area (Å²) in [5.74, 6) is -0.00306. The number of hydrogen-bond acceptors (Lipinski definition) is 7. The minimum atomic E-state index is -0.881. The van der Waals surface area contributed by atoms with Crippen LogP contribution in [0.25, 0.3) is 0 Å². The second-order valence-corrected chi connectivity index (χ2v) is 11.8. The maximum Gasteiger partial charge on any atom is 0.319 e. The van der Waals surface area contributed by atoms with E-state index in [0.717, 1.165) is 24.8 Å². The van der Waals surface area contributed by atoms with Crippen molar-refractivity contribution in [2.75, 3.05) is 60.5 Å². The molecule has 39 heavy (non-hydrogen) atoms. The van der Waals surface area contributed by atoms with Gasteiger partial charge in [0.15, 0.2) is 6.29 Å². The molecule has 2 amide bonds. The van der Waals surface area contributed by atoms with Gasteiger partial charge in [-0.1, -0.05) is 43.7 Å². The van der Waals surface area contributed by atoms with E-state index in [0.29, 0.717) is 45.2 Å².